The summed E-state index contributed by atoms with van der Waals surface area (Å²) in [5.41, 5.74) is 0.493. The van der Waals surface area contributed by atoms with E-state index in [0.717, 1.165) is 18.4 Å². The molecule has 1 heterocycles. The summed E-state index contributed by atoms with van der Waals surface area (Å²) >= 11 is 0. The fourth-order valence-corrected chi connectivity index (χ4v) is 3.19. The fourth-order valence-electron chi connectivity index (χ4n) is 2.67. The zero-order chi connectivity index (χ0) is 17.3. The molecule has 128 valence electrons. The average Bonchev–Trinajstić information content (AvgIpc) is 2.45. The van der Waals surface area contributed by atoms with Crippen molar-refractivity contribution in [2.45, 2.75) is 50.0 Å². The van der Waals surface area contributed by atoms with Gasteiger partial charge >= 0.3 is 6.09 Å². The van der Waals surface area contributed by atoms with Crippen molar-refractivity contribution < 1.29 is 17.9 Å². The van der Waals surface area contributed by atoms with Gasteiger partial charge in [-0.1, -0.05) is 12.1 Å². The molecule has 2 rings (SSSR count). The van der Waals surface area contributed by atoms with Gasteiger partial charge < -0.3 is 9.64 Å². The minimum atomic E-state index is -3.68. The molecular formula is C16H24N2O4S. The van der Waals surface area contributed by atoms with Crippen LogP contribution < -0.4 is 5.14 Å². The van der Waals surface area contributed by atoms with Gasteiger partial charge in [-0.3, -0.25) is 0 Å². The Bertz CT molecular complexity index is 662. The summed E-state index contributed by atoms with van der Waals surface area (Å²) in [6, 6.07) is 6.56. The maximum absolute atomic E-state index is 12.2. The third-order valence-corrected chi connectivity index (χ3v) is 4.68. The number of piperidine rings is 1. The second kappa shape index (κ2) is 6.49. The quantitative estimate of drug-likeness (QED) is 0.895. The van der Waals surface area contributed by atoms with E-state index in [1.165, 1.54) is 12.1 Å². The molecule has 1 amide bonds. The van der Waals surface area contributed by atoms with Gasteiger partial charge in [-0.2, -0.15) is 0 Å². The lowest BCUT2D eigenvalue weighted by Gasteiger charge is -2.34. The number of likely N-dealkylation sites (tertiary alicyclic amines) is 1. The van der Waals surface area contributed by atoms with Crippen molar-refractivity contribution in [1.29, 1.82) is 0 Å². The van der Waals surface area contributed by atoms with E-state index in [-0.39, 0.29) is 16.9 Å². The molecule has 1 aliphatic rings. The van der Waals surface area contributed by atoms with Gasteiger partial charge in [0.2, 0.25) is 10.0 Å². The number of hydrogen-bond donors (Lipinski definition) is 1. The molecule has 1 atom stereocenters. The van der Waals surface area contributed by atoms with Crippen LogP contribution in [-0.4, -0.2) is 38.1 Å². The largest absolute Gasteiger partial charge is 0.444 e. The third kappa shape index (κ3) is 4.94. The predicted molar refractivity (Wildman–Crippen MR) is 87.6 cm³/mol. The van der Waals surface area contributed by atoms with Gasteiger partial charge in [-0.05, 0) is 51.3 Å². The Labute approximate surface area is 137 Å². The van der Waals surface area contributed by atoms with E-state index in [1.807, 2.05) is 20.8 Å². The lowest BCUT2D eigenvalue weighted by molar-refractivity contribution is 0.0198. The predicted octanol–water partition coefficient (Wildman–Crippen LogP) is 2.45. The number of amides is 1. The van der Waals surface area contributed by atoms with Crippen LogP contribution in [0.25, 0.3) is 0 Å². The molecule has 0 radical (unpaired) electrons. The average molecular weight is 340 g/mol. The van der Waals surface area contributed by atoms with Crippen LogP contribution in [-0.2, 0) is 14.8 Å². The topological polar surface area (TPSA) is 89.7 Å². The molecule has 7 heteroatoms. The molecule has 6 nitrogen and oxygen atoms in total. The molecule has 1 aromatic rings. The van der Waals surface area contributed by atoms with E-state index < -0.39 is 15.6 Å². The van der Waals surface area contributed by atoms with Crippen LogP contribution in [0, 0.1) is 0 Å². The molecule has 1 aromatic carbocycles. The van der Waals surface area contributed by atoms with E-state index in [1.54, 1.807) is 17.0 Å². The number of primary sulfonamides is 1. The second-order valence-electron chi connectivity index (χ2n) is 6.88. The van der Waals surface area contributed by atoms with Gasteiger partial charge in [-0.25, -0.2) is 18.4 Å². The molecule has 1 unspecified atom stereocenters. The highest BCUT2D eigenvalue weighted by Gasteiger charge is 2.28. The van der Waals surface area contributed by atoms with Crippen molar-refractivity contribution in [3.8, 4) is 0 Å². The van der Waals surface area contributed by atoms with E-state index in [4.69, 9.17) is 9.88 Å². The fraction of sp³-hybridized carbons (Fsp3) is 0.562. The summed E-state index contributed by atoms with van der Waals surface area (Å²) in [6.07, 6.45) is 1.54. The van der Waals surface area contributed by atoms with Crippen molar-refractivity contribution in [2.75, 3.05) is 13.1 Å². The first-order valence-electron chi connectivity index (χ1n) is 7.67. The smallest absolute Gasteiger partial charge is 0.410 e. The van der Waals surface area contributed by atoms with E-state index in [9.17, 15) is 13.2 Å². The van der Waals surface area contributed by atoms with Crippen LogP contribution in [0.5, 0.6) is 0 Å². The van der Waals surface area contributed by atoms with E-state index >= 15 is 0 Å². The van der Waals surface area contributed by atoms with Gasteiger partial charge in [0, 0.05) is 19.0 Å². The number of carbonyl (C=O) groups is 1. The first-order chi connectivity index (χ1) is 10.6. The molecule has 1 saturated heterocycles. The molecule has 0 aromatic heterocycles. The van der Waals surface area contributed by atoms with Crippen molar-refractivity contribution in [2.24, 2.45) is 5.14 Å². The van der Waals surface area contributed by atoms with Crippen molar-refractivity contribution >= 4 is 16.1 Å². The number of carbonyl (C=O) groups excluding carboxylic acids is 1. The first kappa shape index (κ1) is 17.7. The van der Waals surface area contributed by atoms with Crippen LogP contribution in [0.2, 0.25) is 0 Å². The highest BCUT2D eigenvalue weighted by atomic mass is 32.2. The molecule has 0 spiro atoms. The highest BCUT2D eigenvalue weighted by Crippen LogP contribution is 2.28. The molecular weight excluding hydrogens is 316 g/mol. The molecule has 0 saturated carbocycles. The SMILES string of the molecule is CC(C)(C)OC(=O)N1CCCC(c2ccc(S(N)(=O)=O)cc2)C1. The zero-order valence-corrected chi connectivity index (χ0v) is 14.6. The summed E-state index contributed by atoms with van der Waals surface area (Å²) in [5, 5.41) is 5.11. The summed E-state index contributed by atoms with van der Waals surface area (Å²) in [7, 11) is -3.68. The number of rotatable bonds is 2. The minimum absolute atomic E-state index is 0.0982. The van der Waals surface area contributed by atoms with Gasteiger partial charge in [-0.15, -0.1) is 0 Å². The number of benzene rings is 1. The molecule has 2 N–H and O–H groups in total. The standard InChI is InChI=1S/C16H24N2O4S/c1-16(2,3)22-15(19)18-10-4-5-13(11-18)12-6-8-14(9-7-12)23(17,20)21/h6-9,13H,4-5,10-11H2,1-3H3,(H2,17,20,21). The van der Waals surface area contributed by atoms with Crippen LogP contribution in [0.4, 0.5) is 4.79 Å². The highest BCUT2D eigenvalue weighted by molar-refractivity contribution is 7.89. The van der Waals surface area contributed by atoms with Gasteiger partial charge in [0.25, 0.3) is 0 Å². The first-order valence-corrected chi connectivity index (χ1v) is 9.21. The normalized spacial score (nSPS) is 19.5. The van der Waals surface area contributed by atoms with Crippen LogP contribution in [0.3, 0.4) is 0 Å². The molecule has 23 heavy (non-hydrogen) atoms. The van der Waals surface area contributed by atoms with Gasteiger partial charge in [0.05, 0.1) is 4.90 Å². The number of hydrogen-bond acceptors (Lipinski definition) is 4. The minimum Gasteiger partial charge on any atom is -0.444 e. The summed E-state index contributed by atoms with van der Waals surface area (Å²) in [4.78, 5) is 14.0. The Hall–Kier alpha value is -1.60. The summed E-state index contributed by atoms with van der Waals surface area (Å²) in [5.74, 6) is 0.172. The van der Waals surface area contributed by atoms with Crippen molar-refractivity contribution in [3.05, 3.63) is 29.8 Å². The Morgan fingerprint density at radius 1 is 1.26 bits per heavy atom. The molecule has 0 aliphatic carbocycles. The third-order valence-electron chi connectivity index (χ3n) is 3.75. The Morgan fingerprint density at radius 3 is 2.39 bits per heavy atom. The second-order valence-corrected chi connectivity index (χ2v) is 8.44. The Morgan fingerprint density at radius 2 is 1.87 bits per heavy atom. The lowest BCUT2D eigenvalue weighted by atomic mass is 9.91. The monoisotopic (exact) mass is 340 g/mol. The number of nitrogens with two attached hydrogens (primary N) is 1. The number of nitrogens with zero attached hydrogens (tertiary/aromatic N) is 1. The Balaban J connectivity index is 2.08. The maximum Gasteiger partial charge on any atom is 0.410 e. The van der Waals surface area contributed by atoms with Gasteiger partial charge in [0.1, 0.15) is 5.60 Å². The molecule has 0 bridgehead atoms. The van der Waals surface area contributed by atoms with Crippen LogP contribution in [0.15, 0.2) is 29.2 Å². The summed E-state index contributed by atoms with van der Waals surface area (Å²) < 4.78 is 28.0. The van der Waals surface area contributed by atoms with Gasteiger partial charge in [0.15, 0.2) is 0 Å². The Kier molecular flexibility index (Phi) is 5.01. The zero-order valence-electron chi connectivity index (χ0n) is 13.8. The lowest BCUT2D eigenvalue weighted by Crippen LogP contribution is -2.42. The van der Waals surface area contributed by atoms with Crippen LogP contribution >= 0.6 is 0 Å². The van der Waals surface area contributed by atoms with Crippen molar-refractivity contribution in [1.82, 2.24) is 4.90 Å². The van der Waals surface area contributed by atoms with Crippen molar-refractivity contribution in [3.63, 3.8) is 0 Å². The van der Waals surface area contributed by atoms with Crippen LogP contribution in [0.1, 0.15) is 45.1 Å². The van der Waals surface area contributed by atoms with E-state index in [0.29, 0.717) is 13.1 Å². The number of sulfonamides is 1. The summed E-state index contributed by atoms with van der Waals surface area (Å²) in [6.45, 7) is 6.79. The number of ether oxygens (including phenoxy) is 1. The molecule has 1 aliphatic heterocycles. The molecule has 1 fully saturated rings. The maximum atomic E-state index is 12.2. The van der Waals surface area contributed by atoms with E-state index in [2.05, 4.69) is 0 Å².